The van der Waals surface area contributed by atoms with Crippen molar-refractivity contribution in [2.75, 3.05) is 0 Å². The van der Waals surface area contributed by atoms with Gasteiger partial charge >= 0.3 is 0 Å². The summed E-state index contributed by atoms with van der Waals surface area (Å²) in [6.07, 6.45) is 5.76. The van der Waals surface area contributed by atoms with Gasteiger partial charge in [0.1, 0.15) is 0 Å². The molecule has 1 atom stereocenters. The average molecular weight is 232 g/mol. The first-order valence-corrected chi connectivity index (χ1v) is 6.41. The fourth-order valence-corrected chi connectivity index (χ4v) is 2.67. The van der Waals surface area contributed by atoms with Crippen molar-refractivity contribution in [1.29, 1.82) is 0 Å². The highest BCUT2D eigenvalue weighted by atomic mass is 35.5. The molecule has 0 saturated carbocycles. The van der Waals surface area contributed by atoms with Gasteiger partial charge in [-0.1, -0.05) is 24.9 Å². The molecule has 1 aromatic heterocycles. The van der Waals surface area contributed by atoms with Gasteiger partial charge in [-0.2, -0.15) is 0 Å². The average Bonchev–Trinajstić information content (AvgIpc) is 2.52. The number of halogens is 1. The van der Waals surface area contributed by atoms with E-state index in [0.29, 0.717) is 6.04 Å². The molecule has 1 rings (SSSR count). The number of thiophene rings is 1. The minimum atomic E-state index is 0.385. The predicted molar refractivity (Wildman–Crippen MR) is 65.2 cm³/mol. The fraction of sp³-hybridized carbons (Fsp3) is 0.636. The maximum absolute atomic E-state index is 5.93. The predicted octanol–water partition coefficient (Wildman–Crippen LogP) is 3.85. The third kappa shape index (κ3) is 4.45. The van der Waals surface area contributed by atoms with Crippen molar-refractivity contribution in [3.63, 3.8) is 0 Å². The molecule has 0 aromatic carbocycles. The minimum Gasteiger partial charge on any atom is -0.328 e. The number of hydrogen-bond acceptors (Lipinski definition) is 2. The summed E-state index contributed by atoms with van der Waals surface area (Å²) >= 11 is 7.52. The van der Waals surface area contributed by atoms with Crippen molar-refractivity contribution in [3.05, 3.63) is 21.3 Å². The molecule has 0 radical (unpaired) electrons. The second-order valence-electron chi connectivity index (χ2n) is 3.65. The molecule has 1 unspecified atom stereocenters. The SMILES string of the molecule is CCCC(N)CCCc1ccc(Cl)s1. The van der Waals surface area contributed by atoms with Crippen LogP contribution in [0.25, 0.3) is 0 Å². The quantitative estimate of drug-likeness (QED) is 0.791. The summed E-state index contributed by atoms with van der Waals surface area (Å²) in [6, 6.07) is 4.46. The Labute approximate surface area is 95.3 Å². The first-order chi connectivity index (χ1) is 6.72. The molecule has 0 bridgehead atoms. The van der Waals surface area contributed by atoms with Gasteiger partial charge in [-0.25, -0.2) is 0 Å². The summed E-state index contributed by atoms with van der Waals surface area (Å²) in [6.45, 7) is 2.18. The monoisotopic (exact) mass is 231 g/mol. The number of aryl methyl sites for hydroxylation is 1. The first-order valence-electron chi connectivity index (χ1n) is 5.22. The Hall–Kier alpha value is -0.0500. The number of hydrogen-bond donors (Lipinski definition) is 1. The summed E-state index contributed by atoms with van der Waals surface area (Å²) < 4.78 is 0.887. The van der Waals surface area contributed by atoms with Crippen molar-refractivity contribution < 1.29 is 0 Å². The van der Waals surface area contributed by atoms with E-state index in [4.69, 9.17) is 17.3 Å². The third-order valence-corrected chi connectivity index (χ3v) is 3.58. The molecular formula is C11H18ClNS. The van der Waals surface area contributed by atoms with Crippen LogP contribution < -0.4 is 5.73 Å². The molecule has 1 aromatic rings. The van der Waals surface area contributed by atoms with E-state index in [-0.39, 0.29) is 0 Å². The first kappa shape index (κ1) is 12.0. The van der Waals surface area contributed by atoms with Crippen LogP contribution in [0.3, 0.4) is 0 Å². The van der Waals surface area contributed by atoms with Gasteiger partial charge in [-0.15, -0.1) is 11.3 Å². The molecule has 0 aliphatic heterocycles. The zero-order chi connectivity index (χ0) is 10.4. The van der Waals surface area contributed by atoms with Crippen LogP contribution in [0.5, 0.6) is 0 Å². The van der Waals surface area contributed by atoms with Gasteiger partial charge in [0.15, 0.2) is 0 Å². The van der Waals surface area contributed by atoms with Crippen LogP contribution in [0, 0.1) is 0 Å². The third-order valence-electron chi connectivity index (χ3n) is 2.29. The highest BCUT2D eigenvalue weighted by Crippen LogP contribution is 2.23. The van der Waals surface area contributed by atoms with E-state index in [1.165, 1.54) is 17.7 Å². The number of rotatable bonds is 6. The van der Waals surface area contributed by atoms with E-state index >= 15 is 0 Å². The van der Waals surface area contributed by atoms with E-state index in [2.05, 4.69) is 13.0 Å². The van der Waals surface area contributed by atoms with E-state index in [9.17, 15) is 0 Å². The van der Waals surface area contributed by atoms with Crippen molar-refractivity contribution in [2.24, 2.45) is 5.73 Å². The van der Waals surface area contributed by atoms with Crippen LogP contribution >= 0.6 is 22.9 Å². The Balaban J connectivity index is 2.15. The van der Waals surface area contributed by atoms with Gasteiger partial charge in [-0.05, 0) is 37.8 Å². The lowest BCUT2D eigenvalue weighted by atomic mass is 10.1. The fourth-order valence-electron chi connectivity index (χ4n) is 1.54. The van der Waals surface area contributed by atoms with Gasteiger partial charge in [0.2, 0.25) is 0 Å². The van der Waals surface area contributed by atoms with Crippen LogP contribution in [-0.2, 0) is 6.42 Å². The van der Waals surface area contributed by atoms with Crippen LogP contribution in [0.2, 0.25) is 4.34 Å². The Kier molecular flexibility index (Phi) is 5.53. The molecule has 1 heterocycles. The zero-order valence-corrected chi connectivity index (χ0v) is 10.2. The molecule has 1 nitrogen and oxygen atoms in total. The lowest BCUT2D eigenvalue weighted by Gasteiger charge is -2.08. The van der Waals surface area contributed by atoms with E-state index < -0.39 is 0 Å². The molecule has 14 heavy (non-hydrogen) atoms. The zero-order valence-electron chi connectivity index (χ0n) is 8.63. The van der Waals surface area contributed by atoms with Crippen molar-refractivity contribution in [1.82, 2.24) is 0 Å². The van der Waals surface area contributed by atoms with Gasteiger partial charge in [-0.3, -0.25) is 0 Å². The summed E-state index contributed by atoms with van der Waals surface area (Å²) in [7, 11) is 0. The van der Waals surface area contributed by atoms with Crippen LogP contribution in [0.4, 0.5) is 0 Å². The van der Waals surface area contributed by atoms with Crippen LogP contribution in [0.1, 0.15) is 37.5 Å². The maximum Gasteiger partial charge on any atom is 0.0931 e. The Morgan fingerprint density at radius 1 is 1.43 bits per heavy atom. The Morgan fingerprint density at radius 2 is 2.21 bits per heavy atom. The molecule has 3 heteroatoms. The van der Waals surface area contributed by atoms with Gasteiger partial charge in [0, 0.05) is 10.9 Å². The van der Waals surface area contributed by atoms with Gasteiger partial charge in [0.25, 0.3) is 0 Å². The van der Waals surface area contributed by atoms with E-state index in [1.54, 1.807) is 11.3 Å². The molecule has 80 valence electrons. The maximum atomic E-state index is 5.93. The Bertz CT molecular complexity index is 260. The highest BCUT2D eigenvalue weighted by Gasteiger charge is 2.02. The van der Waals surface area contributed by atoms with Gasteiger partial charge < -0.3 is 5.73 Å². The summed E-state index contributed by atoms with van der Waals surface area (Å²) in [4.78, 5) is 1.37. The molecule has 0 aliphatic carbocycles. The molecule has 0 fully saturated rings. The summed E-state index contributed by atoms with van der Waals surface area (Å²) in [5, 5.41) is 0. The van der Waals surface area contributed by atoms with Gasteiger partial charge in [0.05, 0.1) is 4.34 Å². The molecule has 2 N–H and O–H groups in total. The second-order valence-corrected chi connectivity index (χ2v) is 5.45. The summed E-state index contributed by atoms with van der Waals surface area (Å²) in [5.41, 5.74) is 5.93. The van der Waals surface area contributed by atoms with Crippen LogP contribution in [0.15, 0.2) is 12.1 Å². The molecule has 0 amide bonds. The van der Waals surface area contributed by atoms with Crippen molar-refractivity contribution in [2.45, 2.75) is 45.1 Å². The lowest BCUT2D eigenvalue weighted by molar-refractivity contribution is 0.540. The largest absolute Gasteiger partial charge is 0.328 e. The van der Waals surface area contributed by atoms with Crippen molar-refractivity contribution in [3.8, 4) is 0 Å². The van der Waals surface area contributed by atoms with Crippen molar-refractivity contribution >= 4 is 22.9 Å². The Morgan fingerprint density at radius 3 is 2.79 bits per heavy atom. The lowest BCUT2D eigenvalue weighted by Crippen LogP contribution is -2.19. The highest BCUT2D eigenvalue weighted by molar-refractivity contribution is 7.16. The topological polar surface area (TPSA) is 26.0 Å². The summed E-state index contributed by atoms with van der Waals surface area (Å²) in [5.74, 6) is 0. The standard InChI is InChI=1S/C11H18ClNS/c1-2-4-9(13)5-3-6-10-7-8-11(12)14-10/h7-9H,2-6,13H2,1H3. The molecule has 0 aliphatic rings. The molecule has 0 saturated heterocycles. The molecule has 0 spiro atoms. The minimum absolute atomic E-state index is 0.385. The van der Waals surface area contributed by atoms with E-state index in [0.717, 1.165) is 23.6 Å². The smallest absolute Gasteiger partial charge is 0.0931 e. The molecular weight excluding hydrogens is 214 g/mol. The second kappa shape index (κ2) is 6.44. The number of nitrogens with two attached hydrogens (primary N) is 1. The van der Waals surface area contributed by atoms with Crippen LogP contribution in [-0.4, -0.2) is 6.04 Å². The van der Waals surface area contributed by atoms with E-state index in [1.807, 2.05) is 6.07 Å². The normalized spacial score (nSPS) is 13.1.